The van der Waals surface area contributed by atoms with Crippen molar-refractivity contribution in [1.82, 2.24) is 15.2 Å². The van der Waals surface area contributed by atoms with Gasteiger partial charge in [0, 0.05) is 11.6 Å². The van der Waals surface area contributed by atoms with E-state index in [1.807, 2.05) is 0 Å². The van der Waals surface area contributed by atoms with Crippen molar-refractivity contribution in [3.8, 4) is 11.5 Å². The first-order valence-electron chi connectivity index (χ1n) is 5.31. The van der Waals surface area contributed by atoms with E-state index in [9.17, 15) is 9.90 Å². The van der Waals surface area contributed by atoms with Gasteiger partial charge in [-0.05, 0) is 19.1 Å². The van der Waals surface area contributed by atoms with Gasteiger partial charge in [-0.1, -0.05) is 0 Å². The van der Waals surface area contributed by atoms with Gasteiger partial charge >= 0.3 is 0 Å². The summed E-state index contributed by atoms with van der Waals surface area (Å²) < 4.78 is 0. The molecular weight excluding hydrogens is 250 g/mol. The highest BCUT2D eigenvalue weighted by molar-refractivity contribution is 5.84. The number of anilines is 1. The Morgan fingerprint density at radius 2 is 2.16 bits per heavy atom. The molecule has 0 saturated heterocycles. The number of nitrogens with zero attached hydrogens (tertiary/aromatic N) is 3. The SMILES string of the molecule is Cc1nnc(N/N=C/c2ccc(O)cc2O)[nH]c1=O. The van der Waals surface area contributed by atoms with E-state index in [1.54, 1.807) is 0 Å². The molecule has 0 aliphatic heterocycles. The first-order chi connectivity index (χ1) is 9.06. The summed E-state index contributed by atoms with van der Waals surface area (Å²) in [5.74, 6) is -0.0736. The van der Waals surface area contributed by atoms with E-state index in [0.717, 1.165) is 0 Å². The number of phenols is 2. The van der Waals surface area contributed by atoms with Gasteiger partial charge in [-0.3, -0.25) is 9.78 Å². The fourth-order valence-corrected chi connectivity index (χ4v) is 1.25. The van der Waals surface area contributed by atoms with Crippen LogP contribution in [-0.2, 0) is 0 Å². The Balaban J connectivity index is 2.11. The van der Waals surface area contributed by atoms with Gasteiger partial charge in [-0.25, -0.2) is 5.43 Å². The molecule has 0 spiro atoms. The molecule has 0 aliphatic rings. The molecule has 19 heavy (non-hydrogen) atoms. The average molecular weight is 261 g/mol. The van der Waals surface area contributed by atoms with E-state index < -0.39 is 0 Å². The molecule has 2 rings (SSSR count). The molecule has 8 heteroatoms. The Bertz CT molecular complexity index is 680. The smallest absolute Gasteiger partial charge is 0.274 e. The highest BCUT2D eigenvalue weighted by Gasteiger charge is 2.00. The van der Waals surface area contributed by atoms with Crippen LogP contribution in [0.1, 0.15) is 11.3 Å². The molecule has 1 aromatic carbocycles. The normalized spacial score (nSPS) is 10.8. The standard InChI is InChI=1S/C11H11N5O3/c1-6-10(19)13-11(16-14-6)15-12-5-7-2-3-8(17)4-9(7)18/h2-5,17-18H,1H3,(H2,13,15,16,19)/b12-5+. The Hall–Kier alpha value is -2.90. The quantitative estimate of drug-likeness (QED) is 0.466. The van der Waals surface area contributed by atoms with Crippen LogP contribution < -0.4 is 11.0 Å². The van der Waals surface area contributed by atoms with Crippen molar-refractivity contribution >= 4 is 12.2 Å². The number of aromatic amines is 1. The molecule has 0 bridgehead atoms. The van der Waals surface area contributed by atoms with Crippen molar-refractivity contribution in [2.75, 3.05) is 5.43 Å². The summed E-state index contributed by atoms with van der Waals surface area (Å²) in [6, 6.07) is 4.09. The summed E-state index contributed by atoms with van der Waals surface area (Å²) in [5.41, 5.74) is 2.76. The van der Waals surface area contributed by atoms with Crippen LogP contribution in [0.4, 0.5) is 5.95 Å². The molecule has 98 valence electrons. The molecule has 0 saturated carbocycles. The number of hydrogen-bond acceptors (Lipinski definition) is 7. The second-order valence-corrected chi connectivity index (χ2v) is 3.70. The van der Waals surface area contributed by atoms with Gasteiger partial charge in [0.15, 0.2) is 0 Å². The second kappa shape index (κ2) is 5.17. The zero-order chi connectivity index (χ0) is 13.8. The van der Waals surface area contributed by atoms with E-state index >= 15 is 0 Å². The van der Waals surface area contributed by atoms with Crippen LogP contribution in [0, 0.1) is 6.92 Å². The van der Waals surface area contributed by atoms with Crippen molar-refractivity contribution in [2.24, 2.45) is 5.10 Å². The summed E-state index contributed by atoms with van der Waals surface area (Å²) in [4.78, 5) is 13.7. The number of H-pyrrole nitrogens is 1. The lowest BCUT2D eigenvalue weighted by atomic mass is 10.2. The van der Waals surface area contributed by atoms with Crippen LogP contribution in [0.15, 0.2) is 28.1 Å². The van der Waals surface area contributed by atoms with Crippen molar-refractivity contribution in [3.63, 3.8) is 0 Å². The maximum Gasteiger partial charge on any atom is 0.274 e. The Morgan fingerprint density at radius 3 is 2.84 bits per heavy atom. The highest BCUT2D eigenvalue weighted by atomic mass is 16.3. The van der Waals surface area contributed by atoms with Gasteiger partial charge in [-0.2, -0.15) is 5.10 Å². The lowest BCUT2D eigenvalue weighted by molar-refractivity contribution is 0.450. The number of hydrazone groups is 1. The number of benzene rings is 1. The molecular formula is C11H11N5O3. The van der Waals surface area contributed by atoms with Gasteiger partial charge in [0.2, 0.25) is 5.95 Å². The monoisotopic (exact) mass is 261 g/mol. The number of aromatic nitrogens is 3. The van der Waals surface area contributed by atoms with E-state index in [4.69, 9.17) is 5.11 Å². The Labute approximate surface area is 107 Å². The third kappa shape index (κ3) is 3.06. The molecule has 0 amide bonds. The van der Waals surface area contributed by atoms with Crippen molar-refractivity contribution in [2.45, 2.75) is 6.92 Å². The maximum absolute atomic E-state index is 11.2. The van der Waals surface area contributed by atoms with Gasteiger partial charge < -0.3 is 10.2 Å². The summed E-state index contributed by atoms with van der Waals surface area (Å²) in [5, 5.41) is 29.7. The molecule has 0 fully saturated rings. The van der Waals surface area contributed by atoms with Crippen LogP contribution in [0.5, 0.6) is 11.5 Å². The molecule has 0 radical (unpaired) electrons. The van der Waals surface area contributed by atoms with Gasteiger partial charge in [0.1, 0.15) is 17.2 Å². The Morgan fingerprint density at radius 1 is 1.37 bits per heavy atom. The number of phenolic OH excluding ortho intramolecular Hbond substituents is 2. The maximum atomic E-state index is 11.2. The van der Waals surface area contributed by atoms with Crippen LogP contribution in [-0.4, -0.2) is 31.6 Å². The number of nitrogens with one attached hydrogen (secondary N) is 2. The summed E-state index contributed by atoms with van der Waals surface area (Å²) in [7, 11) is 0. The summed E-state index contributed by atoms with van der Waals surface area (Å²) in [6.07, 6.45) is 1.31. The van der Waals surface area contributed by atoms with Crippen LogP contribution >= 0.6 is 0 Å². The first kappa shape index (κ1) is 12.6. The molecule has 0 aliphatic carbocycles. The third-order valence-electron chi connectivity index (χ3n) is 2.25. The minimum atomic E-state index is -0.361. The fourth-order valence-electron chi connectivity index (χ4n) is 1.25. The van der Waals surface area contributed by atoms with Gasteiger partial charge in [0.25, 0.3) is 5.56 Å². The Kier molecular flexibility index (Phi) is 3.42. The van der Waals surface area contributed by atoms with Crippen molar-refractivity contribution in [3.05, 3.63) is 39.8 Å². The van der Waals surface area contributed by atoms with Gasteiger partial charge in [-0.15, -0.1) is 10.2 Å². The molecule has 8 nitrogen and oxygen atoms in total. The number of aromatic hydroxyl groups is 2. The molecule has 2 aromatic rings. The van der Waals surface area contributed by atoms with Crippen molar-refractivity contribution in [1.29, 1.82) is 0 Å². The minimum absolute atomic E-state index is 0.0451. The van der Waals surface area contributed by atoms with Crippen molar-refractivity contribution < 1.29 is 10.2 Å². The molecule has 1 aromatic heterocycles. The van der Waals surface area contributed by atoms with E-state index in [1.165, 1.54) is 31.3 Å². The molecule has 1 heterocycles. The van der Waals surface area contributed by atoms with Crippen LogP contribution in [0.3, 0.4) is 0 Å². The first-order valence-corrected chi connectivity index (χ1v) is 5.31. The minimum Gasteiger partial charge on any atom is -0.508 e. The molecule has 0 atom stereocenters. The van der Waals surface area contributed by atoms with Gasteiger partial charge in [0.05, 0.1) is 6.21 Å². The number of rotatable bonds is 3. The average Bonchev–Trinajstić information content (AvgIpc) is 2.36. The zero-order valence-electron chi connectivity index (χ0n) is 9.95. The number of hydrogen-bond donors (Lipinski definition) is 4. The van der Waals surface area contributed by atoms with E-state index in [2.05, 4.69) is 25.7 Å². The van der Waals surface area contributed by atoms with E-state index in [0.29, 0.717) is 5.56 Å². The number of aryl methyl sites for hydroxylation is 1. The highest BCUT2D eigenvalue weighted by Crippen LogP contribution is 2.20. The van der Waals surface area contributed by atoms with Crippen LogP contribution in [0.25, 0.3) is 0 Å². The lowest BCUT2D eigenvalue weighted by Gasteiger charge is -2.00. The van der Waals surface area contributed by atoms with E-state index in [-0.39, 0.29) is 28.7 Å². The molecule has 0 unspecified atom stereocenters. The predicted molar refractivity (Wildman–Crippen MR) is 68.4 cm³/mol. The summed E-state index contributed by atoms with van der Waals surface area (Å²) >= 11 is 0. The second-order valence-electron chi connectivity index (χ2n) is 3.70. The third-order valence-corrected chi connectivity index (χ3v) is 2.25. The lowest BCUT2D eigenvalue weighted by Crippen LogP contribution is -2.15. The van der Waals surface area contributed by atoms with Crippen LogP contribution in [0.2, 0.25) is 0 Å². The zero-order valence-corrected chi connectivity index (χ0v) is 9.95. The fraction of sp³-hybridized carbons (Fsp3) is 0.0909. The largest absolute Gasteiger partial charge is 0.508 e. The predicted octanol–water partition coefficient (Wildman–Crippen LogP) is 0.331. The summed E-state index contributed by atoms with van der Waals surface area (Å²) in [6.45, 7) is 1.54. The molecule has 4 N–H and O–H groups in total. The topological polar surface area (TPSA) is 123 Å².